The van der Waals surface area contributed by atoms with E-state index in [0.717, 1.165) is 30.0 Å². The van der Waals surface area contributed by atoms with Gasteiger partial charge in [-0.2, -0.15) is 0 Å². The number of methoxy groups -OCH3 is 2. The van der Waals surface area contributed by atoms with Crippen molar-refractivity contribution in [1.29, 1.82) is 0 Å². The number of rotatable bonds is 4. The van der Waals surface area contributed by atoms with E-state index in [1.807, 2.05) is 34.9 Å². The first-order chi connectivity index (χ1) is 12.7. The van der Waals surface area contributed by atoms with Crippen LogP contribution < -0.4 is 14.8 Å². The summed E-state index contributed by atoms with van der Waals surface area (Å²) < 4.78 is 12.8. The first-order valence-electron chi connectivity index (χ1n) is 8.38. The third-order valence-electron chi connectivity index (χ3n) is 4.61. The number of fused-ring (bicyclic) bond motifs is 3. The van der Waals surface area contributed by atoms with Crippen molar-refractivity contribution >= 4 is 11.9 Å². The summed E-state index contributed by atoms with van der Waals surface area (Å²) in [6.07, 6.45) is 2.61. The predicted molar refractivity (Wildman–Crippen MR) is 98.9 cm³/mol. The van der Waals surface area contributed by atoms with Crippen molar-refractivity contribution in [2.45, 2.75) is 13.0 Å². The van der Waals surface area contributed by atoms with Crippen LogP contribution in [0.2, 0.25) is 0 Å². The van der Waals surface area contributed by atoms with Gasteiger partial charge in [-0.25, -0.2) is 4.98 Å². The molecule has 0 saturated carbocycles. The van der Waals surface area contributed by atoms with Crippen LogP contribution >= 0.6 is 0 Å². The molecule has 0 saturated heterocycles. The fourth-order valence-corrected chi connectivity index (χ4v) is 3.28. The van der Waals surface area contributed by atoms with Crippen LogP contribution in [0.1, 0.15) is 15.9 Å². The van der Waals surface area contributed by atoms with E-state index in [9.17, 15) is 4.79 Å². The lowest BCUT2D eigenvalue weighted by atomic mass is 9.98. The summed E-state index contributed by atoms with van der Waals surface area (Å²) in [5.74, 6) is 1.78. The standard InChI is InChI=1S/C20H19N3O3/c1-25-17-10-14-8-9-23-16(15(14)11-18(17)26-2)12-21-20(23)22-19(24)13-6-4-3-5-7-13/h3-7,10-12H,8-9H2,1-2H3,(H,21,22,24). The van der Waals surface area contributed by atoms with Gasteiger partial charge in [0.25, 0.3) is 5.91 Å². The Morgan fingerprint density at radius 3 is 2.58 bits per heavy atom. The summed E-state index contributed by atoms with van der Waals surface area (Å²) in [5.41, 5.74) is 3.78. The van der Waals surface area contributed by atoms with Crippen molar-refractivity contribution in [3.8, 4) is 22.8 Å². The molecule has 0 atom stereocenters. The average Bonchev–Trinajstić information content (AvgIpc) is 3.10. The van der Waals surface area contributed by atoms with E-state index < -0.39 is 0 Å². The van der Waals surface area contributed by atoms with Gasteiger partial charge in [0.1, 0.15) is 0 Å². The molecule has 0 aliphatic carbocycles. The summed E-state index contributed by atoms with van der Waals surface area (Å²) in [4.78, 5) is 16.8. The van der Waals surface area contributed by atoms with Crippen molar-refractivity contribution in [2.75, 3.05) is 19.5 Å². The Bertz CT molecular complexity index is 964. The smallest absolute Gasteiger partial charge is 0.257 e. The third kappa shape index (κ3) is 2.69. The molecule has 1 N–H and O–H groups in total. The summed E-state index contributed by atoms with van der Waals surface area (Å²) in [6.45, 7) is 0.738. The minimum absolute atomic E-state index is 0.169. The van der Waals surface area contributed by atoms with Gasteiger partial charge in [-0.1, -0.05) is 18.2 Å². The van der Waals surface area contributed by atoms with Gasteiger partial charge >= 0.3 is 0 Å². The monoisotopic (exact) mass is 349 g/mol. The molecule has 0 spiro atoms. The van der Waals surface area contributed by atoms with Gasteiger partial charge < -0.3 is 14.0 Å². The molecule has 0 unspecified atom stereocenters. The van der Waals surface area contributed by atoms with E-state index in [2.05, 4.69) is 10.3 Å². The maximum Gasteiger partial charge on any atom is 0.257 e. The van der Waals surface area contributed by atoms with E-state index in [4.69, 9.17) is 9.47 Å². The molecule has 26 heavy (non-hydrogen) atoms. The minimum Gasteiger partial charge on any atom is -0.493 e. The highest BCUT2D eigenvalue weighted by Crippen LogP contribution is 2.39. The topological polar surface area (TPSA) is 65.4 Å². The van der Waals surface area contributed by atoms with Crippen LogP contribution in [0.25, 0.3) is 11.3 Å². The predicted octanol–water partition coefficient (Wildman–Crippen LogP) is 3.38. The minimum atomic E-state index is -0.169. The number of nitrogens with one attached hydrogen (secondary N) is 1. The molecule has 4 rings (SSSR count). The number of hydrogen-bond acceptors (Lipinski definition) is 4. The second kappa shape index (κ2) is 6.55. The second-order valence-corrected chi connectivity index (χ2v) is 6.05. The lowest BCUT2D eigenvalue weighted by molar-refractivity contribution is 0.102. The molecular formula is C20H19N3O3. The van der Waals surface area contributed by atoms with Crippen molar-refractivity contribution in [3.05, 3.63) is 59.8 Å². The third-order valence-corrected chi connectivity index (χ3v) is 4.61. The van der Waals surface area contributed by atoms with Crippen LogP contribution in [-0.4, -0.2) is 29.7 Å². The number of aromatic nitrogens is 2. The molecule has 3 aromatic rings. The zero-order chi connectivity index (χ0) is 18.1. The number of carbonyl (C=O) groups excluding carboxylic acids is 1. The van der Waals surface area contributed by atoms with Gasteiger partial charge in [0.2, 0.25) is 5.95 Å². The maximum atomic E-state index is 12.4. The highest BCUT2D eigenvalue weighted by molar-refractivity contribution is 6.03. The molecule has 2 heterocycles. The van der Waals surface area contributed by atoms with Gasteiger partial charge in [-0.3, -0.25) is 10.1 Å². The van der Waals surface area contributed by atoms with Gasteiger partial charge in [-0.15, -0.1) is 0 Å². The van der Waals surface area contributed by atoms with Crippen molar-refractivity contribution in [3.63, 3.8) is 0 Å². The number of carbonyl (C=O) groups is 1. The molecule has 6 nitrogen and oxygen atoms in total. The molecule has 0 bridgehead atoms. The van der Waals surface area contributed by atoms with Gasteiger partial charge in [0, 0.05) is 17.7 Å². The number of ether oxygens (including phenoxy) is 2. The number of anilines is 1. The SMILES string of the molecule is COc1cc2c(cc1OC)-c1cnc(NC(=O)c3ccccc3)n1CC2. The summed E-state index contributed by atoms with van der Waals surface area (Å²) in [7, 11) is 3.25. The van der Waals surface area contributed by atoms with Crippen molar-refractivity contribution in [2.24, 2.45) is 0 Å². The number of nitrogens with zero attached hydrogens (tertiary/aromatic N) is 2. The highest BCUT2D eigenvalue weighted by Gasteiger charge is 2.23. The zero-order valence-electron chi connectivity index (χ0n) is 14.7. The molecule has 132 valence electrons. The van der Waals surface area contributed by atoms with Crippen LogP contribution in [-0.2, 0) is 13.0 Å². The van der Waals surface area contributed by atoms with Crippen LogP contribution in [0.5, 0.6) is 11.5 Å². The Labute approximate surface area is 151 Å². The van der Waals surface area contributed by atoms with Crippen LogP contribution in [0.15, 0.2) is 48.7 Å². The Morgan fingerprint density at radius 1 is 1.12 bits per heavy atom. The molecule has 1 aromatic heterocycles. The number of aryl methyl sites for hydroxylation is 1. The lowest BCUT2D eigenvalue weighted by Crippen LogP contribution is -2.18. The van der Waals surface area contributed by atoms with Crippen LogP contribution in [0, 0.1) is 0 Å². The van der Waals surface area contributed by atoms with Gasteiger partial charge in [-0.05, 0) is 36.2 Å². The lowest BCUT2D eigenvalue weighted by Gasteiger charge is -2.22. The molecule has 0 fully saturated rings. The van der Waals surface area contributed by atoms with Gasteiger partial charge in [0.15, 0.2) is 11.5 Å². The Balaban J connectivity index is 1.69. The highest BCUT2D eigenvalue weighted by atomic mass is 16.5. The second-order valence-electron chi connectivity index (χ2n) is 6.05. The Morgan fingerprint density at radius 2 is 1.85 bits per heavy atom. The molecular weight excluding hydrogens is 330 g/mol. The Hall–Kier alpha value is -3.28. The van der Waals surface area contributed by atoms with Gasteiger partial charge in [0.05, 0.1) is 26.1 Å². The maximum absolute atomic E-state index is 12.4. The number of amides is 1. The summed E-state index contributed by atoms with van der Waals surface area (Å²) in [6, 6.07) is 13.1. The van der Waals surface area contributed by atoms with E-state index in [-0.39, 0.29) is 5.91 Å². The Kier molecular flexibility index (Phi) is 4.08. The van der Waals surface area contributed by atoms with E-state index in [1.165, 1.54) is 5.56 Å². The quantitative estimate of drug-likeness (QED) is 0.784. The molecule has 1 aliphatic rings. The van der Waals surface area contributed by atoms with Crippen molar-refractivity contribution in [1.82, 2.24) is 9.55 Å². The van der Waals surface area contributed by atoms with E-state index in [1.54, 1.807) is 32.5 Å². The first kappa shape index (κ1) is 16.2. The largest absolute Gasteiger partial charge is 0.493 e. The number of benzene rings is 2. The molecule has 0 radical (unpaired) electrons. The number of hydrogen-bond donors (Lipinski definition) is 1. The molecule has 1 aliphatic heterocycles. The van der Waals surface area contributed by atoms with Crippen LogP contribution in [0.3, 0.4) is 0 Å². The fourth-order valence-electron chi connectivity index (χ4n) is 3.28. The van der Waals surface area contributed by atoms with E-state index in [0.29, 0.717) is 17.3 Å². The number of imidazole rings is 1. The van der Waals surface area contributed by atoms with Crippen LogP contribution in [0.4, 0.5) is 5.95 Å². The molecule has 6 heteroatoms. The fraction of sp³-hybridized carbons (Fsp3) is 0.200. The normalized spacial score (nSPS) is 12.1. The summed E-state index contributed by atoms with van der Waals surface area (Å²) >= 11 is 0. The van der Waals surface area contributed by atoms with Crippen molar-refractivity contribution < 1.29 is 14.3 Å². The molecule has 1 amide bonds. The first-order valence-corrected chi connectivity index (χ1v) is 8.38. The zero-order valence-corrected chi connectivity index (χ0v) is 14.7. The van der Waals surface area contributed by atoms with E-state index >= 15 is 0 Å². The molecule has 2 aromatic carbocycles. The average molecular weight is 349 g/mol. The summed E-state index contributed by atoms with van der Waals surface area (Å²) in [5, 5.41) is 2.91.